The summed E-state index contributed by atoms with van der Waals surface area (Å²) < 4.78 is 0. The third-order valence-electron chi connectivity index (χ3n) is 3.94. The lowest BCUT2D eigenvalue weighted by Crippen LogP contribution is -2.40. The van der Waals surface area contributed by atoms with Gasteiger partial charge in [0.25, 0.3) is 5.91 Å². The molecule has 0 unspecified atom stereocenters. The van der Waals surface area contributed by atoms with Crippen molar-refractivity contribution in [2.45, 2.75) is 38.5 Å². The Morgan fingerprint density at radius 3 is 3.00 bits per heavy atom. The van der Waals surface area contributed by atoms with Gasteiger partial charge in [0.1, 0.15) is 11.5 Å². The van der Waals surface area contributed by atoms with Crippen LogP contribution in [0.4, 0.5) is 0 Å². The molecule has 1 aliphatic rings. The molecule has 0 saturated carbocycles. The maximum absolute atomic E-state index is 12.7. The number of carbonyl (C=O) groups is 1. The van der Waals surface area contributed by atoms with Gasteiger partial charge in [-0.1, -0.05) is 13.8 Å². The number of H-pyrrole nitrogens is 2. The molecule has 2 N–H and O–H groups in total. The normalized spacial score (nSPS) is 18.9. The van der Waals surface area contributed by atoms with E-state index in [1.54, 1.807) is 5.51 Å². The zero-order valence-electron chi connectivity index (χ0n) is 12.6. The highest BCUT2D eigenvalue weighted by Gasteiger charge is 2.29. The number of nitrogens with one attached hydrogen (secondary N) is 2. The minimum Gasteiger partial charge on any atom is -0.337 e. The van der Waals surface area contributed by atoms with Crippen molar-refractivity contribution in [1.29, 1.82) is 0 Å². The van der Waals surface area contributed by atoms with E-state index in [9.17, 15) is 9.59 Å². The molecule has 118 valence electrons. The molecule has 2 aromatic rings. The van der Waals surface area contributed by atoms with Gasteiger partial charge in [0.05, 0.1) is 5.51 Å². The van der Waals surface area contributed by atoms with E-state index in [2.05, 4.69) is 34.0 Å². The third-order valence-corrected chi connectivity index (χ3v) is 5.07. The number of likely N-dealkylation sites (tertiary alicyclic amines) is 1. The second-order valence-electron chi connectivity index (χ2n) is 5.87. The minimum absolute atomic E-state index is 0.0208. The Labute approximate surface area is 131 Å². The summed E-state index contributed by atoms with van der Waals surface area (Å²) in [4.78, 5) is 33.7. The van der Waals surface area contributed by atoms with Crippen LogP contribution in [0.15, 0.2) is 10.3 Å². The standard InChI is InChI=1S/C14H19N5O2S/c1-8(2)11-10(15-7-22-11)13(20)19-5-3-4-9(6-19)12-16-14(21)18-17-12/h7-9H,3-6H2,1-2H3,(H2,16,17,18,21)/t9-/m1/s1. The van der Waals surface area contributed by atoms with Crippen LogP contribution in [0.25, 0.3) is 0 Å². The number of aromatic amines is 2. The fourth-order valence-electron chi connectivity index (χ4n) is 2.84. The fraction of sp³-hybridized carbons (Fsp3) is 0.571. The van der Waals surface area contributed by atoms with E-state index in [-0.39, 0.29) is 23.4 Å². The summed E-state index contributed by atoms with van der Waals surface area (Å²) in [5.74, 6) is 0.963. The van der Waals surface area contributed by atoms with Crippen LogP contribution in [0.2, 0.25) is 0 Å². The highest BCUT2D eigenvalue weighted by Crippen LogP contribution is 2.28. The first kappa shape index (κ1) is 15.0. The second kappa shape index (κ2) is 6.04. The molecule has 1 atom stereocenters. The molecular weight excluding hydrogens is 302 g/mol. The molecule has 3 rings (SSSR count). The Morgan fingerprint density at radius 2 is 2.32 bits per heavy atom. The number of piperidine rings is 1. The van der Waals surface area contributed by atoms with E-state index in [4.69, 9.17) is 0 Å². The van der Waals surface area contributed by atoms with Crippen LogP contribution in [-0.4, -0.2) is 44.1 Å². The van der Waals surface area contributed by atoms with Crippen molar-refractivity contribution in [2.75, 3.05) is 13.1 Å². The fourth-order valence-corrected chi connectivity index (χ4v) is 3.63. The Balaban J connectivity index is 1.78. The number of hydrogen-bond donors (Lipinski definition) is 2. The number of aromatic nitrogens is 4. The van der Waals surface area contributed by atoms with Gasteiger partial charge in [-0.3, -0.25) is 9.78 Å². The van der Waals surface area contributed by atoms with Crippen molar-refractivity contribution in [3.05, 3.63) is 32.4 Å². The molecule has 0 bridgehead atoms. The van der Waals surface area contributed by atoms with Crippen LogP contribution < -0.4 is 5.69 Å². The summed E-state index contributed by atoms with van der Waals surface area (Å²) >= 11 is 1.53. The molecule has 1 aliphatic heterocycles. The van der Waals surface area contributed by atoms with Gasteiger partial charge in [-0.25, -0.2) is 14.9 Å². The van der Waals surface area contributed by atoms with Crippen LogP contribution in [0, 0.1) is 0 Å². The van der Waals surface area contributed by atoms with Gasteiger partial charge >= 0.3 is 5.69 Å². The number of thiazole rings is 1. The van der Waals surface area contributed by atoms with Crippen molar-refractivity contribution < 1.29 is 4.79 Å². The highest BCUT2D eigenvalue weighted by molar-refractivity contribution is 7.10. The summed E-state index contributed by atoms with van der Waals surface area (Å²) in [6, 6.07) is 0. The molecule has 0 aromatic carbocycles. The molecule has 1 amide bonds. The molecule has 2 aromatic heterocycles. The molecule has 7 nitrogen and oxygen atoms in total. The summed E-state index contributed by atoms with van der Waals surface area (Å²) in [5.41, 5.74) is 1.99. The molecular formula is C14H19N5O2S. The predicted molar refractivity (Wildman–Crippen MR) is 83.3 cm³/mol. The van der Waals surface area contributed by atoms with Gasteiger partial charge in [0.2, 0.25) is 0 Å². The SMILES string of the molecule is CC(C)c1scnc1C(=O)N1CCC[C@@H](c2n[nH]c(=O)[nH]2)C1. The first-order valence-electron chi connectivity index (χ1n) is 7.43. The van der Waals surface area contributed by atoms with E-state index in [0.29, 0.717) is 18.1 Å². The molecule has 0 spiro atoms. The van der Waals surface area contributed by atoms with Gasteiger partial charge in [-0.2, -0.15) is 5.10 Å². The average molecular weight is 321 g/mol. The van der Waals surface area contributed by atoms with E-state index in [1.807, 2.05) is 4.90 Å². The maximum atomic E-state index is 12.7. The largest absolute Gasteiger partial charge is 0.340 e. The first-order valence-corrected chi connectivity index (χ1v) is 8.31. The summed E-state index contributed by atoms with van der Waals surface area (Å²) in [6.45, 7) is 5.42. The number of nitrogens with zero attached hydrogens (tertiary/aromatic N) is 3. The van der Waals surface area contributed by atoms with Gasteiger partial charge in [0.15, 0.2) is 0 Å². The summed E-state index contributed by atoms with van der Waals surface area (Å²) in [6.07, 6.45) is 1.81. The third kappa shape index (κ3) is 2.83. The van der Waals surface area contributed by atoms with Crippen LogP contribution in [-0.2, 0) is 0 Å². The number of carbonyl (C=O) groups excluding carboxylic acids is 1. The van der Waals surface area contributed by atoms with Crippen molar-refractivity contribution in [3.63, 3.8) is 0 Å². The highest BCUT2D eigenvalue weighted by atomic mass is 32.1. The van der Waals surface area contributed by atoms with Gasteiger partial charge in [-0.05, 0) is 18.8 Å². The molecule has 0 aliphatic carbocycles. The molecule has 8 heteroatoms. The quantitative estimate of drug-likeness (QED) is 0.899. The summed E-state index contributed by atoms with van der Waals surface area (Å²) in [5, 5.41) is 6.38. The van der Waals surface area contributed by atoms with Crippen molar-refractivity contribution in [2.24, 2.45) is 0 Å². The van der Waals surface area contributed by atoms with Crippen LogP contribution >= 0.6 is 11.3 Å². The number of rotatable bonds is 3. The molecule has 3 heterocycles. The van der Waals surface area contributed by atoms with Gasteiger partial charge < -0.3 is 4.90 Å². The zero-order valence-corrected chi connectivity index (χ0v) is 13.4. The number of amides is 1. The van der Waals surface area contributed by atoms with E-state index >= 15 is 0 Å². The Bertz CT molecular complexity index is 717. The molecule has 1 saturated heterocycles. The lowest BCUT2D eigenvalue weighted by atomic mass is 9.97. The Hall–Kier alpha value is -1.96. The van der Waals surface area contributed by atoms with Gasteiger partial charge in [0, 0.05) is 23.9 Å². The van der Waals surface area contributed by atoms with Crippen LogP contribution in [0.3, 0.4) is 0 Å². The minimum atomic E-state index is -0.306. The zero-order chi connectivity index (χ0) is 15.7. The monoisotopic (exact) mass is 321 g/mol. The smallest absolute Gasteiger partial charge is 0.337 e. The van der Waals surface area contributed by atoms with Crippen molar-refractivity contribution >= 4 is 17.2 Å². The lowest BCUT2D eigenvalue weighted by Gasteiger charge is -2.31. The van der Waals surface area contributed by atoms with E-state index < -0.39 is 0 Å². The lowest BCUT2D eigenvalue weighted by molar-refractivity contribution is 0.0698. The number of hydrogen-bond acceptors (Lipinski definition) is 5. The molecule has 22 heavy (non-hydrogen) atoms. The topological polar surface area (TPSA) is 94.7 Å². The second-order valence-corrected chi connectivity index (χ2v) is 6.76. The first-order chi connectivity index (χ1) is 10.6. The van der Waals surface area contributed by atoms with Crippen LogP contribution in [0.5, 0.6) is 0 Å². The van der Waals surface area contributed by atoms with E-state index in [1.165, 1.54) is 11.3 Å². The van der Waals surface area contributed by atoms with Gasteiger partial charge in [-0.15, -0.1) is 11.3 Å². The molecule has 0 radical (unpaired) electrons. The van der Waals surface area contributed by atoms with E-state index in [0.717, 1.165) is 24.3 Å². The molecule has 1 fully saturated rings. The predicted octanol–water partition coefficient (Wildman–Crippen LogP) is 1.70. The Kier molecular flexibility index (Phi) is 4.10. The average Bonchev–Trinajstić information content (AvgIpc) is 3.15. The maximum Gasteiger partial charge on any atom is 0.340 e. The summed E-state index contributed by atoms with van der Waals surface area (Å²) in [7, 11) is 0. The van der Waals surface area contributed by atoms with Crippen molar-refractivity contribution in [3.8, 4) is 0 Å². The van der Waals surface area contributed by atoms with Crippen molar-refractivity contribution in [1.82, 2.24) is 25.1 Å². The Morgan fingerprint density at radius 1 is 1.50 bits per heavy atom. The van der Waals surface area contributed by atoms with Crippen LogP contribution in [0.1, 0.15) is 59.7 Å².